The normalized spacial score (nSPS) is 17.0. The predicted octanol–water partition coefficient (Wildman–Crippen LogP) is 2.43. The third-order valence-corrected chi connectivity index (χ3v) is 6.03. The number of aryl methyl sites for hydroxylation is 4. The zero-order valence-electron chi connectivity index (χ0n) is 17.1. The quantitative estimate of drug-likeness (QED) is 0.755. The summed E-state index contributed by atoms with van der Waals surface area (Å²) in [5.41, 5.74) is 6.03. The molecule has 0 saturated carbocycles. The molecule has 1 aliphatic heterocycles. The van der Waals surface area contributed by atoms with Crippen LogP contribution in [-0.2, 0) is 26.6 Å². The number of hydrogen-bond donors (Lipinski definition) is 1. The van der Waals surface area contributed by atoms with Gasteiger partial charge in [0.15, 0.2) is 0 Å². The molecule has 1 N–H and O–H groups in total. The van der Waals surface area contributed by atoms with Crippen molar-refractivity contribution in [1.29, 1.82) is 0 Å². The second kappa shape index (κ2) is 7.39. The molecule has 3 heterocycles. The fourth-order valence-corrected chi connectivity index (χ4v) is 4.10. The van der Waals surface area contributed by atoms with E-state index in [1.807, 2.05) is 10.8 Å². The van der Waals surface area contributed by atoms with Gasteiger partial charge in [0.1, 0.15) is 5.82 Å². The van der Waals surface area contributed by atoms with Crippen molar-refractivity contribution in [1.82, 2.24) is 29.4 Å². The van der Waals surface area contributed by atoms with Crippen molar-refractivity contribution in [3.8, 4) is 11.3 Å². The van der Waals surface area contributed by atoms with Gasteiger partial charge in [-0.3, -0.25) is 14.6 Å². The van der Waals surface area contributed by atoms with Crippen LogP contribution < -0.4 is 5.69 Å². The summed E-state index contributed by atoms with van der Waals surface area (Å²) < 4.78 is 3.27. The molecule has 0 amide bonds. The lowest BCUT2D eigenvalue weighted by molar-refractivity contribution is 0.210. The van der Waals surface area contributed by atoms with Crippen LogP contribution in [0.2, 0.25) is 0 Å². The minimum Gasteiger partial charge on any atom is -0.299 e. The van der Waals surface area contributed by atoms with Crippen LogP contribution in [-0.4, -0.2) is 42.5 Å². The van der Waals surface area contributed by atoms with Crippen LogP contribution in [0.4, 0.5) is 0 Å². The summed E-state index contributed by atoms with van der Waals surface area (Å²) in [6.45, 7) is 5.82. The Hall–Kier alpha value is -2.67. The molecule has 0 bridgehead atoms. The smallest absolute Gasteiger partial charge is 0.299 e. The molecule has 0 fully saturated rings. The van der Waals surface area contributed by atoms with Crippen LogP contribution >= 0.6 is 0 Å². The van der Waals surface area contributed by atoms with Gasteiger partial charge in [0, 0.05) is 43.7 Å². The molecule has 1 aromatic carbocycles. The lowest BCUT2D eigenvalue weighted by atomic mass is 10.0. The zero-order valence-corrected chi connectivity index (χ0v) is 17.1. The highest BCUT2D eigenvalue weighted by atomic mass is 16.2. The Morgan fingerprint density at radius 1 is 1.25 bits per heavy atom. The van der Waals surface area contributed by atoms with Crippen molar-refractivity contribution in [2.75, 3.05) is 7.05 Å². The van der Waals surface area contributed by atoms with E-state index >= 15 is 0 Å². The van der Waals surface area contributed by atoms with E-state index < -0.39 is 0 Å². The first-order valence-electron chi connectivity index (χ1n) is 9.87. The van der Waals surface area contributed by atoms with Gasteiger partial charge in [0.25, 0.3) is 0 Å². The van der Waals surface area contributed by atoms with E-state index in [4.69, 9.17) is 0 Å². The molecule has 1 unspecified atom stereocenters. The number of H-pyrrole nitrogens is 1. The fraction of sp³-hybridized carbons (Fsp3) is 0.476. The van der Waals surface area contributed by atoms with Crippen molar-refractivity contribution in [3.05, 3.63) is 57.4 Å². The van der Waals surface area contributed by atoms with Crippen LogP contribution in [0.25, 0.3) is 11.3 Å². The number of aromatic amines is 1. The third-order valence-electron chi connectivity index (χ3n) is 6.03. The summed E-state index contributed by atoms with van der Waals surface area (Å²) in [4.78, 5) is 14.6. The lowest BCUT2D eigenvalue weighted by Gasteiger charge is -2.26. The number of nitrogens with zero attached hydrogens (tertiary/aromatic N) is 5. The molecule has 3 aromatic rings. The van der Waals surface area contributed by atoms with Gasteiger partial charge >= 0.3 is 5.69 Å². The van der Waals surface area contributed by atoms with Crippen molar-refractivity contribution < 1.29 is 0 Å². The van der Waals surface area contributed by atoms with Crippen LogP contribution in [0, 0.1) is 13.8 Å². The summed E-state index contributed by atoms with van der Waals surface area (Å²) in [6, 6.07) is 6.94. The van der Waals surface area contributed by atoms with E-state index in [9.17, 15) is 4.79 Å². The van der Waals surface area contributed by atoms with E-state index in [0.29, 0.717) is 6.04 Å². The second-order valence-electron chi connectivity index (χ2n) is 7.94. The maximum absolute atomic E-state index is 12.2. The monoisotopic (exact) mass is 380 g/mol. The average Bonchev–Trinajstić information content (AvgIpc) is 3.15. The molecule has 0 saturated heterocycles. The molecule has 0 radical (unpaired) electrons. The molecule has 1 atom stereocenters. The largest absolute Gasteiger partial charge is 0.345 e. The molecular formula is C21H28N6O. The highest BCUT2D eigenvalue weighted by molar-refractivity contribution is 5.64. The summed E-state index contributed by atoms with van der Waals surface area (Å²) in [6.07, 6.45) is 4.72. The first-order chi connectivity index (χ1) is 13.4. The molecule has 7 nitrogen and oxygen atoms in total. The Balaban J connectivity index is 1.49. The number of benzene rings is 1. The fourth-order valence-electron chi connectivity index (χ4n) is 4.10. The highest BCUT2D eigenvalue weighted by Crippen LogP contribution is 2.26. The van der Waals surface area contributed by atoms with Gasteiger partial charge in [-0.25, -0.2) is 9.48 Å². The summed E-state index contributed by atoms with van der Waals surface area (Å²) in [5.74, 6) is 0.905. The van der Waals surface area contributed by atoms with Crippen molar-refractivity contribution in [2.24, 2.45) is 7.05 Å². The Labute approximate surface area is 165 Å². The van der Waals surface area contributed by atoms with E-state index in [1.54, 1.807) is 7.05 Å². The van der Waals surface area contributed by atoms with E-state index in [-0.39, 0.29) is 5.69 Å². The number of aromatic nitrogens is 5. The number of nitrogens with one attached hydrogen (secondary N) is 1. The maximum atomic E-state index is 12.2. The molecule has 28 heavy (non-hydrogen) atoms. The number of rotatable bonds is 4. The van der Waals surface area contributed by atoms with Crippen molar-refractivity contribution >= 4 is 0 Å². The molecule has 1 aliphatic rings. The SMILES string of the molecule is Cc1ccc(-c2[nH]ncc2CN(C)C2CCc3nn(C)c(=O)n3CC2)cc1C. The maximum Gasteiger partial charge on any atom is 0.345 e. The Kier molecular flexibility index (Phi) is 4.93. The third kappa shape index (κ3) is 3.42. The summed E-state index contributed by atoms with van der Waals surface area (Å²) in [7, 11) is 3.88. The van der Waals surface area contributed by atoms with Gasteiger partial charge in [-0.15, -0.1) is 0 Å². The highest BCUT2D eigenvalue weighted by Gasteiger charge is 2.23. The van der Waals surface area contributed by atoms with Gasteiger partial charge in [-0.1, -0.05) is 12.1 Å². The van der Waals surface area contributed by atoms with Crippen LogP contribution in [0.1, 0.15) is 35.4 Å². The van der Waals surface area contributed by atoms with Gasteiger partial charge < -0.3 is 0 Å². The predicted molar refractivity (Wildman–Crippen MR) is 109 cm³/mol. The molecule has 0 spiro atoms. The van der Waals surface area contributed by atoms with E-state index in [1.165, 1.54) is 26.9 Å². The Bertz CT molecular complexity index is 1040. The van der Waals surface area contributed by atoms with Gasteiger partial charge in [0.2, 0.25) is 0 Å². The van der Waals surface area contributed by atoms with Crippen molar-refractivity contribution in [3.63, 3.8) is 0 Å². The summed E-state index contributed by atoms with van der Waals surface area (Å²) >= 11 is 0. The lowest BCUT2D eigenvalue weighted by Crippen LogP contribution is -2.32. The minimum absolute atomic E-state index is 0.00911. The van der Waals surface area contributed by atoms with Gasteiger partial charge in [0.05, 0.1) is 11.9 Å². The molecule has 7 heteroatoms. The molecule has 148 valence electrons. The van der Waals surface area contributed by atoms with Crippen LogP contribution in [0.15, 0.2) is 29.2 Å². The number of hydrogen-bond acceptors (Lipinski definition) is 4. The van der Waals surface area contributed by atoms with E-state index in [0.717, 1.165) is 43.9 Å². The molecule has 4 rings (SSSR count). The van der Waals surface area contributed by atoms with Gasteiger partial charge in [-0.05, 0) is 50.9 Å². The first-order valence-corrected chi connectivity index (χ1v) is 9.87. The van der Waals surface area contributed by atoms with Crippen molar-refractivity contribution in [2.45, 2.75) is 52.2 Å². The Morgan fingerprint density at radius 2 is 2.07 bits per heavy atom. The minimum atomic E-state index is -0.00911. The average molecular weight is 380 g/mol. The zero-order chi connectivity index (χ0) is 19.8. The van der Waals surface area contributed by atoms with Crippen LogP contribution in [0.3, 0.4) is 0 Å². The first kappa shape index (κ1) is 18.7. The van der Waals surface area contributed by atoms with Gasteiger partial charge in [-0.2, -0.15) is 10.2 Å². The summed E-state index contributed by atoms with van der Waals surface area (Å²) in [5, 5.41) is 11.9. The number of fused-ring (bicyclic) bond motifs is 1. The van der Waals surface area contributed by atoms with E-state index in [2.05, 4.69) is 59.3 Å². The molecular weight excluding hydrogens is 352 g/mol. The standard InChI is InChI=1S/C21H28N6O/c1-14-5-6-16(11-15(14)2)20-17(12-22-23-20)13-25(3)18-7-8-19-24-26(4)21(28)27(19)10-9-18/h5-6,11-12,18H,7-10,13H2,1-4H3,(H,22,23). The molecule has 2 aromatic heterocycles. The van der Waals surface area contributed by atoms with Crippen LogP contribution in [0.5, 0.6) is 0 Å². The Morgan fingerprint density at radius 3 is 2.86 bits per heavy atom. The second-order valence-corrected chi connectivity index (χ2v) is 7.94. The topological polar surface area (TPSA) is 71.7 Å². The molecule has 0 aliphatic carbocycles.